The van der Waals surface area contributed by atoms with Gasteiger partial charge in [0.1, 0.15) is 5.82 Å². The molecule has 1 saturated heterocycles. The van der Waals surface area contributed by atoms with Crippen molar-refractivity contribution in [2.45, 2.75) is 39.1 Å². The molecular formula is C17H22ClN3. The molecule has 2 aromatic rings. The van der Waals surface area contributed by atoms with E-state index < -0.39 is 0 Å². The van der Waals surface area contributed by atoms with Crippen molar-refractivity contribution in [3.63, 3.8) is 0 Å². The average molecular weight is 304 g/mol. The highest BCUT2D eigenvalue weighted by atomic mass is 35.5. The fourth-order valence-electron chi connectivity index (χ4n) is 3.34. The third-order valence-electron chi connectivity index (χ3n) is 4.35. The molecule has 1 aromatic carbocycles. The third-order valence-corrected chi connectivity index (χ3v) is 4.61. The van der Waals surface area contributed by atoms with E-state index >= 15 is 0 Å². The van der Waals surface area contributed by atoms with Gasteiger partial charge in [-0.15, -0.1) is 11.6 Å². The van der Waals surface area contributed by atoms with Gasteiger partial charge in [0.15, 0.2) is 0 Å². The predicted molar refractivity (Wildman–Crippen MR) is 88.4 cm³/mol. The Labute approximate surface area is 131 Å². The lowest BCUT2D eigenvalue weighted by Crippen LogP contribution is -2.29. The second-order valence-corrected chi connectivity index (χ2v) is 6.38. The Morgan fingerprint density at radius 1 is 1.24 bits per heavy atom. The number of aromatic nitrogens is 2. The number of para-hydroxylation sites is 1. The zero-order chi connectivity index (χ0) is 15.0. The molecule has 112 valence electrons. The van der Waals surface area contributed by atoms with Crippen molar-refractivity contribution in [1.29, 1.82) is 0 Å². The molecule has 2 heterocycles. The van der Waals surface area contributed by atoms with Crippen LogP contribution >= 0.6 is 11.6 Å². The molecule has 0 aliphatic carbocycles. The van der Waals surface area contributed by atoms with Gasteiger partial charge < -0.3 is 4.90 Å². The Bertz CT molecular complexity index is 620. The highest BCUT2D eigenvalue weighted by Gasteiger charge is 2.31. The summed E-state index contributed by atoms with van der Waals surface area (Å²) in [6.45, 7) is 7.72. The molecule has 3 rings (SSSR count). The van der Waals surface area contributed by atoms with Gasteiger partial charge >= 0.3 is 0 Å². The molecule has 0 N–H and O–H groups in total. The molecule has 1 fully saturated rings. The topological polar surface area (TPSA) is 21.1 Å². The van der Waals surface area contributed by atoms with E-state index in [1.54, 1.807) is 0 Å². The molecule has 1 aliphatic heterocycles. The van der Waals surface area contributed by atoms with Crippen LogP contribution in [0, 0.1) is 12.8 Å². The number of benzene rings is 1. The molecule has 0 bridgehead atoms. The average Bonchev–Trinajstić information content (AvgIpc) is 2.98. The fourth-order valence-corrected chi connectivity index (χ4v) is 3.66. The van der Waals surface area contributed by atoms with Gasteiger partial charge in [-0.1, -0.05) is 25.1 Å². The van der Waals surface area contributed by atoms with E-state index in [1.807, 2.05) is 25.1 Å². The second-order valence-electron chi connectivity index (χ2n) is 6.11. The van der Waals surface area contributed by atoms with Crippen molar-refractivity contribution in [3.05, 3.63) is 41.6 Å². The summed E-state index contributed by atoms with van der Waals surface area (Å²) in [5, 5.41) is 4.75. The maximum absolute atomic E-state index is 6.22. The van der Waals surface area contributed by atoms with Gasteiger partial charge in [0.25, 0.3) is 0 Å². The van der Waals surface area contributed by atoms with Crippen LogP contribution in [0.4, 0.5) is 5.82 Å². The Kier molecular flexibility index (Phi) is 3.94. The van der Waals surface area contributed by atoms with Crippen LogP contribution in [0.25, 0.3) is 5.69 Å². The SMILES string of the molecule is Cc1nn(-c2ccccc2)c(N2CC(C)CC2C)c1CCl. The van der Waals surface area contributed by atoms with Gasteiger partial charge in [0, 0.05) is 18.2 Å². The first-order chi connectivity index (χ1) is 10.1. The number of alkyl halides is 1. The van der Waals surface area contributed by atoms with Crippen LogP contribution < -0.4 is 4.90 Å². The van der Waals surface area contributed by atoms with Gasteiger partial charge in [-0.05, 0) is 38.3 Å². The van der Waals surface area contributed by atoms with Crippen LogP contribution in [0.3, 0.4) is 0 Å². The molecule has 21 heavy (non-hydrogen) atoms. The Morgan fingerprint density at radius 2 is 1.95 bits per heavy atom. The summed E-state index contributed by atoms with van der Waals surface area (Å²) in [6.07, 6.45) is 1.22. The minimum atomic E-state index is 0.506. The minimum absolute atomic E-state index is 0.506. The maximum atomic E-state index is 6.22. The summed E-state index contributed by atoms with van der Waals surface area (Å²) in [7, 11) is 0. The summed E-state index contributed by atoms with van der Waals surface area (Å²) in [4.78, 5) is 2.47. The molecule has 2 atom stereocenters. The molecule has 4 heteroatoms. The summed E-state index contributed by atoms with van der Waals surface area (Å²) < 4.78 is 2.06. The Hall–Kier alpha value is -1.48. The molecule has 3 nitrogen and oxygen atoms in total. The first kappa shape index (κ1) is 14.5. The van der Waals surface area contributed by atoms with Crippen molar-refractivity contribution in [1.82, 2.24) is 9.78 Å². The smallest absolute Gasteiger partial charge is 0.137 e. The lowest BCUT2D eigenvalue weighted by molar-refractivity contribution is 0.624. The van der Waals surface area contributed by atoms with Crippen molar-refractivity contribution in [2.24, 2.45) is 5.92 Å². The number of halogens is 1. The number of nitrogens with zero attached hydrogens (tertiary/aromatic N) is 3. The molecule has 1 aromatic heterocycles. The van der Waals surface area contributed by atoms with Crippen LogP contribution in [0.5, 0.6) is 0 Å². The van der Waals surface area contributed by atoms with E-state index in [2.05, 4.69) is 35.6 Å². The Morgan fingerprint density at radius 3 is 2.52 bits per heavy atom. The normalized spacial score (nSPS) is 22.0. The molecule has 1 aliphatic rings. The van der Waals surface area contributed by atoms with E-state index in [0.29, 0.717) is 17.8 Å². The Balaban J connectivity index is 2.13. The van der Waals surface area contributed by atoms with Crippen molar-refractivity contribution < 1.29 is 0 Å². The lowest BCUT2D eigenvalue weighted by Gasteiger charge is -2.26. The van der Waals surface area contributed by atoms with Crippen LogP contribution in [0.1, 0.15) is 31.5 Å². The lowest BCUT2D eigenvalue weighted by atomic mass is 10.1. The second kappa shape index (κ2) is 5.72. The van der Waals surface area contributed by atoms with Gasteiger partial charge in [0.2, 0.25) is 0 Å². The first-order valence-corrected chi connectivity index (χ1v) is 8.11. The van der Waals surface area contributed by atoms with Crippen molar-refractivity contribution in [3.8, 4) is 5.69 Å². The molecule has 0 spiro atoms. The molecular weight excluding hydrogens is 282 g/mol. The van der Waals surface area contributed by atoms with E-state index in [-0.39, 0.29) is 0 Å². The molecule has 0 radical (unpaired) electrons. The van der Waals surface area contributed by atoms with E-state index in [0.717, 1.165) is 23.5 Å². The van der Waals surface area contributed by atoms with Gasteiger partial charge in [-0.2, -0.15) is 5.10 Å². The fraction of sp³-hybridized carbons (Fsp3) is 0.471. The summed E-state index contributed by atoms with van der Waals surface area (Å²) >= 11 is 6.22. The number of rotatable bonds is 3. The summed E-state index contributed by atoms with van der Waals surface area (Å²) in [5.74, 6) is 2.39. The minimum Gasteiger partial charge on any atom is -0.353 e. The molecule has 0 amide bonds. The highest BCUT2D eigenvalue weighted by Crippen LogP contribution is 2.35. The van der Waals surface area contributed by atoms with Gasteiger partial charge in [0.05, 0.1) is 17.3 Å². The number of anilines is 1. The monoisotopic (exact) mass is 303 g/mol. The van der Waals surface area contributed by atoms with E-state index in [4.69, 9.17) is 16.7 Å². The number of hydrogen-bond donors (Lipinski definition) is 0. The first-order valence-electron chi connectivity index (χ1n) is 7.58. The van der Waals surface area contributed by atoms with E-state index in [1.165, 1.54) is 12.2 Å². The zero-order valence-corrected chi connectivity index (χ0v) is 13.6. The quantitative estimate of drug-likeness (QED) is 0.794. The van der Waals surface area contributed by atoms with Crippen LogP contribution in [0.15, 0.2) is 30.3 Å². The third kappa shape index (κ3) is 2.55. The molecule has 0 saturated carbocycles. The van der Waals surface area contributed by atoms with Gasteiger partial charge in [-0.25, -0.2) is 4.68 Å². The molecule has 2 unspecified atom stereocenters. The van der Waals surface area contributed by atoms with Crippen LogP contribution in [0.2, 0.25) is 0 Å². The van der Waals surface area contributed by atoms with Crippen LogP contribution in [-0.4, -0.2) is 22.4 Å². The predicted octanol–water partition coefficient (Wildman–Crippen LogP) is 4.15. The summed E-state index contributed by atoms with van der Waals surface area (Å²) in [6, 6.07) is 10.8. The summed E-state index contributed by atoms with van der Waals surface area (Å²) in [5.41, 5.74) is 3.27. The number of hydrogen-bond acceptors (Lipinski definition) is 2. The zero-order valence-electron chi connectivity index (χ0n) is 12.9. The standard InChI is InChI=1S/C17H22ClN3/c1-12-9-13(2)20(11-12)17-16(10-18)14(3)19-21(17)15-7-5-4-6-8-15/h4-8,12-13H,9-11H2,1-3H3. The maximum Gasteiger partial charge on any atom is 0.137 e. The van der Waals surface area contributed by atoms with E-state index in [9.17, 15) is 0 Å². The van der Waals surface area contributed by atoms with Crippen molar-refractivity contribution in [2.75, 3.05) is 11.4 Å². The largest absolute Gasteiger partial charge is 0.353 e. The van der Waals surface area contributed by atoms with Gasteiger partial charge in [-0.3, -0.25) is 0 Å². The van der Waals surface area contributed by atoms with Crippen LogP contribution in [-0.2, 0) is 5.88 Å². The van der Waals surface area contributed by atoms with Crippen molar-refractivity contribution >= 4 is 17.4 Å². The highest BCUT2D eigenvalue weighted by molar-refractivity contribution is 6.17. The number of aryl methyl sites for hydroxylation is 1.